The third-order valence-electron chi connectivity index (χ3n) is 6.67. The van der Waals surface area contributed by atoms with E-state index in [0.29, 0.717) is 23.4 Å². The Bertz CT molecular complexity index is 1260. The van der Waals surface area contributed by atoms with Crippen molar-refractivity contribution in [3.05, 3.63) is 89.0 Å². The third kappa shape index (κ3) is 5.33. The molecule has 0 bridgehead atoms. The fourth-order valence-electron chi connectivity index (χ4n) is 4.66. The second-order valence-electron chi connectivity index (χ2n) is 9.66. The predicted octanol–water partition coefficient (Wildman–Crippen LogP) is 6.01. The van der Waals surface area contributed by atoms with Crippen LogP contribution in [0.25, 0.3) is 11.1 Å². The van der Waals surface area contributed by atoms with Gasteiger partial charge in [0.25, 0.3) is 11.8 Å². The van der Waals surface area contributed by atoms with E-state index >= 15 is 0 Å². The number of aliphatic carboxylic acids is 1. The first kappa shape index (κ1) is 25.2. The van der Waals surface area contributed by atoms with E-state index in [-0.39, 0.29) is 17.7 Å². The molecule has 36 heavy (non-hydrogen) atoms. The molecule has 6 nitrogen and oxygen atoms in total. The summed E-state index contributed by atoms with van der Waals surface area (Å²) in [5.41, 5.74) is 5.67. The maximum Gasteiger partial charge on any atom is 0.326 e. The molecule has 0 saturated carbocycles. The number of hydrogen-bond donors (Lipinski definition) is 2. The molecule has 6 heteroatoms. The van der Waals surface area contributed by atoms with Gasteiger partial charge in [-0.1, -0.05) is 63.6 Å². The maximum absolute atomic E-state index is 13.0. The Hall–Kier alpha value is -3.93. The smallest absolute Gasteiger partial charge is 0.326 e. The maximum atomic E-state index is 13.0. The molecule has 1 aliphatic rings. The molecule has 1 unspecified atom stereocenters. The zero-order valence-corrected chi connectivity index (χ0v) is 21.0. The van der Waals surface area contributed by atoms with Crippen molar-refractivity contribution < 1.29 is 19.5 Å². The summed E-state index contributed by atoms with van der Waals surface area (Å²) in [5.74, 6) is -1.60. The molecule has 3 aromatic carbocycles. The molecule has 0 saturated heterocycles. The zero-order valence-electron chi connectivity index (χ0n) is 21.0. The monoisotopic (exact) mass is 484 g/mol. The summed E-state index contributed by atoms with van der Waals surface area (Å²) in [6.07, 6.45) is 3.29. The van der Waals surface area contributed by atoms with E-state index in [0.717, 1.165) is 36.0 Å². The zero-order chi connectivity index (χ0) is 25.8. The van der Waals surface area contributed by atoms with Gasteiger partial charge in [0.1, 0.15) is 6.04 Å². The molecule has 0 spiro atoms. The lowest BCUT2D eigenvalue weighted by Crippen LogP contribution is -2.44. The Morgan fingerprint density at radius 3 is 2.25 bits per heavy atom. The van der Waals surface area contributed by atoms with Gasteiger partial charge in [0.15, 0.2) is 0 Å². The molecule has 0 aromatic heterocycles. The van der Waals surface area contributed by atoms with E-state index in [1.807, 2.05) is 80.6 Å². The van der Waals surface area contributed by atoms with Gasteiger partial charge < -0.3 is 15.3 Å². The van der Waals surface area contributed by atoms with Crippen LogP contribution in [0.15, 0.2) is 66.7 Å². The highest BCUT2D eigenvalue weighted by molar-refractivity contribution is 6.04. The molecule has 3 aromatic rings. The fraction of sp³-hybridized carbons (Fsp3) is 0.300. The first-order valence-electron chi connectivity index (χ1n) is 12.5. The number of rotatable bonds is 9. The predicted molar refractivity (Wildman–Crippen MR) is 141 cm³/mol. The van der Waals surface area contributed by atoms with Crippen LogP contribution >= 0.6 is 0 Å². The number of carbonyl (C=O) groups is 3. The number of aryl methyl sites for hydroxylation is 1. The van der Waals surface area contributed by atoms with Gasteiger partial charge in [-0.15, -0.1) is 0 Å². The molecule has 1 aliphatic heterocycles. The average molecular weight is 485 g/mol. The average Bonchev–Trinajstić information content (AvgIpc) is 3.18. The minimum absolute atomic E-state index is 0.161. The molecule has 0 radical (unpaired) electrons. The lowest BCUT2D eigenvalue weighted by molar-refractivity contribution is -0.144. The summed E-state index contributed by atoms with van der Waals surface area (Å²) in [5, 5.41) is 12.5. The number of benzene rings is 3. The van der Waals surface area contributed by atoms with Gasteiger partial charge in [0, 0.05) is 23.4 Å². The Labute approximate surface area is 212 Å². The highest BCUT2D eigenvalue weighted by Gasteiger charge is 2.38. The number of carbonyl (C=O) groups excluding carboxylic acids is 2. The van der Waals surface area contributed by atoms with Crippen molar-refractivity contribution in [1.82, 2.24) is 4.90 Å². The van der Waals surface area contributed by atoms with Gasteiger partial charge in [-0.2, -0.15) is 0 Å². The molecular formula is C30H32N2O4. The summed E-state index contributed by atoms with van der Waals surface area (Å²) >= 11 is 0. The summed E-state index contributed by atoms with van der Waals surface area (Å²) in [7, 11) is 0. The van der Waals surface area contributed by atoms with Crippen molar-refractivity contribution in [2.24, 2.45) is 5.92 Å². The number of amides is 2. The molecule has 1 atom stereocenters. The summed E-state index contributed by atoms with van der Waals surface area (Å²) < 4.78 is 0. The van der Waals surface area contributed by atoms with Crippen molar-refractivity contribution in [1.29, 1.82) is 0 Å². The Balaban J connectivity index is 1.45. The normalized spacial score (nSPS) is 13.6. The molecule has 186 valence electrons. The molecule has 0 aliphatic carbocycles. The van der Waals surface area contributed by atoms with Crippen molar-refractivity contribution in [3.8, 4) is 11.1 Å². The van der Waals surface area contributed by atoms with Gasteiger partial charge >= 0.3 is 5.97 Å². The number of unbranched alkanes of at least 4 members (excludes halogenated alkanes) is 1. The van der Waals surface area contributed by atoms with Gasteiger partial charge in [-0.05, 0) is 71.3 Å². The largest absolute Gasteiger partial charge is 0.480 e. The molecule has 2 N–H and O–H groups in total. The highest BCUT2D eigenvalue weighted by Crippen LogP contribution is 2.31. The number of nitrogens with one attached hydrogen (secondary N) is 1. The van der Waals surface area contributed by atoms with E-state index < -0.39 is 12.0 Å². The Morgan fingerprint density at radius 1 is 0.972 bits per heavy atom. The molecule has 2 amide bonds. The van der Waals surface area contributed by atoms with Gasteiger partial charge in [0.2, 0.25) is 0 Å². The topological polar surface area (TPSA) is 86.7 Å². The number of carboxylic acid groups (broad SMARTS) is 1. The SMILES string of the molecule is CCCCc1ccc(C(=O)Nc2ccc(-c3ccc4c(c3)C(=O)N(C(C(=O)O)C(C)C)C4)cc2)cc1. The first-order chi connectivity index (χ1) is 17.3. The number of fused-ring (bicyclic) bond motifs is 1. The molecule has 1 heterocycles. The van der Waals surface area contributed by atoms with Crippen LogP contribution in [-0.4, -0.2) is 33.8 Å². The minimum Gasteiger partial charge on any atom is -0.480 e. The number of hydrogen-bond acceptors (Lipinski definition) is 3. The highest BCUT2D eigenvalue weighted by atomic mass is 16.4. The van der Waals surface area contributed by atoms with Crippen LogP contribution in [0.3, 0.4) is 0 Å². The van der Waals surface area contributed by atoms with E-state index in [2.05, 4.69) is 12.2 Å². The molecule has 4 rings (SSSR count). The minimum atomic E-state index is -0.989. The van der Waals surface area contributed by atoms with E-state index in [1.54, 1.807) is 0 Å². The standard InChI is InChI=1S/C30H32N2O4/c1-4-5-6-20-7-9-22(10-8-20)28(33)31-25-15-13-21(14-16-25)23-11-12-24-18-32(29(34)26(24)17-23)27(19(2)3)30(35)36/h7-17,19,27H,4-6,18H2,1-3H3,(H,31,33)(H,35,36). The van der Waals surface area contributed by atoms with Crippen LogP contribution in [0.2, 0.25) is 0 Å². The van der Waals surface area contributed by atoms with Crippen LogP contribution in [0.1, 0.15) is 65.5 Å². The molecule has 0 fully saturated rings. The van der Waals surface area contributed by atoms with Crippen LogP contribution in [0.4, 0.5) is 5.69 Å². The summed E-state index contributed by atoms with van der Waals surface area (Å²) in [6.45, 7) is 6.08. The quantitative estimate of drug-likeness (QED) is 0.389. The second-order valence-corrected chi connectivity index (χ2v) is 9.66. The molecular weight excluding hydrogens is 452 g/mol. The number of nitrogens with zero attached hydrogens (tertiary/aromatic N) is 1. The lowest BCUT2D eigenvalue weighted by atomic mass is 10.00. The van der Waals surface area contributed by atoms with E-state index in [1.165, 1.54) is 10.5 Å². The van der Waals surface area contributed by atoms with Gasteiger partial charge in [-0.3, -0.25) is 9.59 Å². The Morgan fingerprint density at radius 2 is 1.64 bits per heavy atom. The third-order valence-corrected chi connectivity index (χ3v) is 6.67. The van der Waals surface area contributed by atoms with Crippen molar-refractivity contribution in [2.45, 2.75) is 52.6 Å². The van der Waals surface area contributed by atoms with Crippen molar-refractivity contribution in [3.63, 3.8) is 0 Å². The van der Waals surface area contributed by atoms with E-state index in [4.69, 9.17) is 0 Å². The summed E-state index contributed by atoms with van der Waals surface area (Å²) in [4.78, 5) is 38.9. The fourth-order valence-corrected chi connectivity index (χ4v) is 4.66. The van der Waals surface area contributed by atoms with Crippen LogP contribution < -0.4 is 5.32 Å². The van der Waals surface area contributed by atoms with Crippen molar-refractivity contribution in [2.75, 3.05) is 5.32 Å². The van der Waals surface area contributed by atoms with Crippen LogP contribution in [-0.2, 0) is 17.8 Å². The van der Waals surface area contributed by atoms with E-state index in [9.17, 15) is 19.5 Å². The summed E-state index contributed by atoms with van der Waals surface area (Å²) in [6, 6.07) is 20.0. The number of carboxylic acids is 1. The Kier molecular flexibility index (Phi) is 7.53. The first-order valence-corrected chi connectivity index (χ1v) is 12.5. The second kappa shape index (κ2) is 10.8. The lowest BCUT2D eigenvalue weighted by Gasteiger charge is -2.27. The van der Waals surface area contributed by atoms with Gasteiger partial charge in [0.05, 0.1) is 0 Å². The number of anilines is 1. The van der Waals surface area contributed by atoms with Crippen LogP contribution in [0.5, 0.6) is 0 Å². The van der Waals surface area contributed by atoms with Crippen molar-refractivity contribution >= 4 is 23.5 Å². The van der Waals surface area contributed by atoms with Crippen LogP contribution in [0, 0.1) is 5.92 Å². The van der Waals surface area contributed by atoms with Gasteiger partial charge in [-0.25, -0.2) is 4.79 Å².